The Hall–Kier alpha value is -0.840. The number of hydrogen-bond donors (Lipinski definition) is 1. The average Bonchev–Trinajstić information content (AvgIpc) is 2.31. The predicted octanol–water partition coefficient (Wildman–Crippen LogP) is 3.41. The van der Waals surface area contributed by atoms with Gasteiger partial charge in [-0.25, -0.2) is 13.2 Å². The van der Waals surface area contributed by atoms with E-state index in [0.717, 1.165) is 30.4 Å². The topological polar surface area (TPSA) is 12.0 Å². The molecule has 0 aliphatic carbocycles. The highest BCUT2D eigenvalue weighted by Gasteiger charge is 2.18. The summed E-state index contributed by atoms with van der Waals surface area (Å²) in [4.78, 5) is 0. The maximum Gasteiger partial charge on any atom is 0.196 e. The van der Waals surface area contributed by atoms with Crippen molar-refractivity contribution in [2.24, 2.45) is 0 Å². The molecule has 16 heavy (non-hydrogen) atoms. The van der Waals surface area contributed by atoms with Gasteiger partial charge in [0.25, 0.3) is 0 Å². The van der Waals surface area contributed by atoms with Crippen LogP contribution in [0.15, 0.2) is 12.1 Å². The number of nitrogens with one attached hydrogen (secondary N) is 1. The summed E-state index contributed by atoms with van der Waals surface area (Å²) in [6.45, 7) is 0. The number of thioether (sulfide) groups is 1. The second-order valence-corrected chi connectivity index (χ2v) is 4.93. The Balaban J connectivity index is 2.11. The molecule has 1 nitrogen and oxygen atoms in total. The number of halogens is 3. The Bertz CT molecular complexity index is 378. The maximum atomic E-state index is 13.3. The molecule has 5 heteroatoms. The zero-order valence-electron chi connectivity index (χ0n) is 8.60. The van der Waals surface area contributed by atoms with Crippen LogP contribution in [0, 0.1) is 17.5 Å². The molecule has 1 saturated heterocycles. The fraction of sp³-hybridized carbons (Fsp3) is 0.455. The Morgan fingerprint density at radius 1 is 1.19 bits per heavy atom. The van der Waals surface area contributed by atoms with Crippen LogP contribution in [0.2, 0.25) is 0 Å². The second kappa shape index (κ2) is 4.99. The standard InChI is InChI=1S/C11H12F3NS/c12-8-3-4-9(11(14)10(8)13)15-7-2-1-5-16-6-7/h3-4,7,15H,1-2,5-6H2. The highest BCUT2D eigenvalue weighted by molar-refractivity contribution is 7.99. The predicted molar refractivity (Wildman–Crippen MR) is 60.3 cm³/mol. The maximum absolute atomic E-state index is 13.3. The first-order valence-corrected chi connectivity index (χ1v) is 6.31. The first-order valence-electron chi connectivity index (χ1n) is 5.16. The largest absolute Gasteiger partial charge is 0.379 e. The first-order chi connectivity index (χ1) is 7.68. The Kier molecular flexibility index (Phi) is 3.63. The molecule has 0 bridgehead atoms. The lowest BCUT2D eigenvalue weighted by Crippen LogP contribution is -2.26. The molecule has 1 atom stereocenters. The van der Waals surface area contributed by atoms with E-state index in [1.54, 1.807) is 11.8 Å². The monoisotopic (exact) mass is 247 g/mol. The van der Waals surface area contributed by atoms with E-state index in [4.69, 9.17) is 0 Å². The van der Waals surface area contributed by atoms with Gasteiger partial charge in [0.05, 0.1) is 5.69 Å². The molecule has 1 aliphatic rings. The molecule has 0 spiro atoms. The van der Waals surface area contributed by atoms with E-state index in [1.807, 2.05) is 0 Å². The van der Waals surface area contributed by atoms with Gasteiger partial charge in [-0.15, -0.1) is 0 Å². The summed E-state index contributed by atoms with van der Waals surface area (Å²) < 4.78 is 39.0. The van der Waals surface area contributed by atoms with E-state index in [1.165, 1.54) is 6.07 Å². The fourth-order valence-electron chi connectivity index (χ4n) is 1.71. The van der Waals surface area contributed by atoms with Crippen LogP contribution in [0.3, 0.4) is 0 Å². The lowest BCUT2D eigenvalue weighted by molar-refractivity contribution is 0.448. The van der Waals surface area contributed by atoms with Crippen molar-refractivity contribution in [2.45, 2.75) is 18.9 Å². The van der Waals surface area contributed by atoms with Gasteiger partial charge in [-0.1, -0.05) is 0 Å². The zero-order valence-corrected chi connectivity index (χ0v) is 9.42. The molecule has 1 heterocycles. The van der Waals surface area contributed by atoms with Gasteiger partial charge < -0.3 is 5.32 Å². The van der Waals surface area contributed by atoms with Crippen molar-refractivity contribution >= 4 is 17.4 Å². The van der Waals surface area contributed by atoms with Gasteiger partial charge in [0, 0.05) is 11.8 Å². The molecule has 0 amide bonds. The van der Waals surface area contributed by atoms with Gasteiger partial charge in [-0.2, -0.15) is 11.8 Å². The van der Waals surface area contributed by atoms with Crippen molar-refractivity contribution in [1.82, 2.24) is 0 Å². The van der Waals surface area contributed by atoms with E-state index in [0.29, 0.717) is 0 Å². The summed E-state index contributed by atoms with van der Waals surface area (Å²) in [5.74, 6) is -1.71. The summed E-state index contributed by atoms with van der Waals surface area (Å²) in [6.07, 6.45) is 2.00. The van der Waals surface area contributed by atoms with Crippen molar-refractivity contribution in [3.05, 3.63) is 29.6 Å². The number of anilines is 1. The third-order valence-electron chi connectivity index (χ3n) is 2.56. The smallest absolute Gasteiger partial charge is 0.196 e. The van der Waals surface area contributed by atoms with Crippen LogP contribution in [-0.4, -0.2) is 17.5 Å². The summed E-state index contributed by atoms with van der Waals surface area (Å²) in [6, 6.07) is 2.32. The minimum Gasteiger partial charge on any atom is -0.379 e. The average molecular weight is 247 g/mol. The SMILES string of the molecule is Fc1ccc(NC2CCCSC2)c(F)c1F. The van der Waals surface area contributed by atoms with Gasteiger partial charge >= 0.3 is 0 Å². The van der Waals surface area contributed by atoms with Gasteiger partial charge in [0.15, 0.2) is 17.5 Å². The van der Waals surface area contributed by atoms with E-state index >= 15 is 0 Å². The van der Waals surface area contributed by atoms with Crippen LogP contribution in [0.25, 0.3) is 0 Å². The molecule has 0 radical (unpaired) electrons. The van der Waals surface area contributed by atoms with Crippen molar-refractivity contribution in [1.29, 1.82) is 0 Å². The summed E-state index contributed by atoms with van der Waals surface area (Å²) in [5, 5.41) is 2.91. The van der Waals surface area contributed by atoms with Crippen LogP contribution in [-0.2, 0) is 0 Å². The van der Waals surface area contributed by atoms with E-state index in [-0.39, 0.29) is 11.7 Å². The molecule has 1 fully saturated rings. The Morgan fingerprint density at radius 2 is 2.00 bits per heavy atom. The summed E-state index contributed by atoms with van der Waals surface area (Å²) >= 11 is 1.78. The van der Waals surface area contributed by atoms with Crippen LogP contribution in [0.4, 0.5) is 18.9 Å². The second-order valence-electron chi connectivity index (χ2n) is 3.78. The lowest BCUT2D eigenvalue weighted by atomic mass is 10.1. The minimum absolute atomic E-state index is 0.0476. The summed E-state index contributed by atoms with van der Waals surface area (Å²) in [7, 11) is 0. The number of rotatable bonds is 2. The third kappa shape index (κ3) is 2.45. The van der Waals surface area contributed by atoms with Gasteiger partial charge in [0.2, 0.25) is 0 Å². The minimum atomic E-state index is -1.41. The quantitative estimate of drug-likeness (QED) is 0.804. The third-order valence-corrected chi connectivity index (χ3v) is 3.77. The normalized spacial score (nSPS) is 20.8. The fourth-order valence-corrected chi connectivity index (χ4v) is 2.78. The van der Waals surface area contributed by atoms with E-state index in [9.17, 15) is 13.2 Å². The molecule has 1 N–H and O–H groups in total. The van der Waals surface area contributed by atoms with Crippen LogP contribution in [0.1, 0.15) is 12.8 Å². The van der Waals surface area contributed by atoms with Crippen LogP contribution >= 0.6 is 11.8 Å². The van der Waals surface area contributed by atoms with E-state index in [2.05, 4.69) is 5.32 Å². The number of benzene rings is 1. The van der Waals surface area contributed by atoms with Crippen LogP contribution < -0.4 is 5.32 Å². The lowest BCUT2D eigenvalue weighted by Gasteiger charge is -2.23. The van der Waals surface area contributed by atoms with Gasteiger partial charge in [0.1, 0.15) is 0 Å². The molecule has 1 aromatic carbocycles. The Morgan fingerprint density at radius 3 is 2.69 bits per heavy atom. The molecular formula is C11H12F3NS. The summed E-state index contributed by atoms with van der Waals surface area (Å²) in [5.41, 5.74) is 0.0476. The molecule has 1 unspecified atom stereocenters. The van der Waals surface area contributed by atoms with Crippen molar-refractivity contribution in [3.8, 4) is 0 Å². The Labute approximate surface area is 96.4 Å². The highest BCUT2D eigenvalue weighted by atomic mass is 32.2. The van der Waals surface area contributed by atoms with E-state index < -0.39 is 17.5 Å². The van der Waals surface area contributed by atoms with Crippen molar-refractivity contribution in [3.63, 3.8) is 0 Å². The molecule has 2 rings (SSSR count). The first kappa shape index (κ1) is 11.6. The van der Waals surface area contributed by atoms with Gasteiger partial charge in [-0.3, -0.25) is 0 Å². The van der Waals surface area contributed by atoms with Crippen molar-refractivity contribution in [2.75, 3.05) is 16.8 Å². The van der Waals surface area contributed by atoms with Crippen molar-refractivity contribution < 1.29 is 13.2 Å². The zero-order chi connectivity index (χ0) is 11.5. The molecule has 88 valence electrons. The molecule has 0 aromatic heterocycles. The molecule has 1 aromatic rings. The highest BCUT2D eigenvalue weighted by Crippen LogP contribution is 2.24. The van der Waals surface area contributed by atoms with Gasteiger partial charge in [-0.05, 0) is 30.7 Å². The molecular weight excluding hydrogens is 235 g/mol. The molecule has 1 aliphatic heterocycles. The number of hydrogen-bond acceptors (Lipinski definition) is 2. The van der Waals surface area contributed by atoms with Crippen LogP contribution in [0.5, 0.6) is 0 Å². The molecule has 0 saturated carbocycles.